The van der Waals surface area contributed by atoms with E-state index in [4.69, 9.17) is 9.05 Å². The summed E-state index contributed by atoms with van der Waals surface area (Å²) >= 11 is -2.57. The van der Waals surface area contributed by atoms with Gasteiger partial charge in [0.25, 0.3) is 0 Å². The molecule has 0 aliphatic carbocycles. The molecule has 35 heavy (non-hydrogen) atoms. The average molecular weight is 491 g/mol. The normalized spacial score (nSPS) is 12.1. The quantitative estimate of drug-likeness (QED) is 0.262. The Balaban J connectivity index is 1.72. The first kappa shape index (κ1) is 22.8. The van der Waals surface area contributed by atoms with Crippen molar-refractivity contribution in [3.8, 4) is 44.9 Å². The van der Waals surface area contributed by atoms with E-state index in [0.717, 1.165) is 0 Å². The highest BCUT2D eigenvalue weighted by molar-refractivity contribution is 7.79. The second kappa shape index (κ2) is 9.01. The molecule has 0 aliphatic heterocycles. The van der Waals surface area contributed by atoms with Gasteiger partial charge in [-0.2, -0.15) is 0 Å². The lowest BCUT2D eigenvalue weighted by molar-refractivity contribution is 0.427. The smallest absolute Gasteiger partial charge is 0.174 e. The van der Waals surface area contributed by atoms with Crippen LogP contribution in [0.3, 0.4) is 0 Å². The van der Waals surface area contributed by atoms with E-state index >= 15 is 0 Å². The fourth-order valence-electron chi connectivity index (χ4n) is 4.02. The number of rotatable bonds is 5. The van der Waals surface area contributed by atoms with Gasteiger partial charge in [0.05, 0.1) is 22.5 Å². The molecule has 1 unspecified atom stereocenters. The molecule has 0 aliphatic rings. The van der Waals surface area contributed by atoms with Crippen molar-refractivity contribution in [1.82, 2.24) is 10.3 Å². The molecule has 176 valence electrons. The summed E-state index contributed by atoms with van der Waals surface area (Å²) < 4.78 is 62.3. The fraction of sp³-hybridized carbons (Fsp3) is 0.0769. The van der Waals surface area contributed by atoms with Crippen LogP contribution in [0.4, 0.5) is 8.78 Å². The van der Waals surface area contributed by atoms with Gasteiger partial charge >= 0.3 is 0 Å². The third-order valence-electron chi connectivity index (χ3n) is 5.66. The Kier molecular flexibility index (Phi) is 5.88. The van der Waals surface area contributed by atoms with E-state index in [1.807, 2.05) is 0 Å². The molecule has 0 fully saturated rings. The number of benzene rings is 3. The first-order chi connectivity index (χ1) is 16.8. The van der Waals surface area contributed by atoms with Gasteiger partial charge in [0.1, 0.15) is 11.6 Å². The fourth-order valence-corrected chi connectivity index (χ4v) is 4.54. The second-order valence-corrected chi connectivity index (χ2v) is 8.81. The Labute approximate surface area is 201 Å². The number of nitrogens with zero attached hydrogens (tertiary/aromatic N) is 2. The predicted molar refractivity (Wildman–Crippen MR) is 125 cm³/mol. The van der Waals surface area contributed by atoms with Gasteiger partial charge in [0.2, 0.25) is 0 Å². The highest BCUT2D eigenvalue weighted by Crippen LogP contribution is 2.42. The van der Waals surface area contributed by atoms with Gasteiger partial charge in [-0.3, -0.25) is 4.21 Å². The summed E-state index contributed by atoms with van der Waals surface area (Å²) in [6, 6.07) is 16.3. The molecule has 0 bridgehead atoms. The molecule has 0 saturated heterocycles. The van der Waals surface area contributed by atoms with E-state index in [-0.39, 0.29) is 10.7 Å². The number of hydrogen-bond donors (Lipinski definition) is 0. The van der Waals surface area contributed by atoms with E-state index in [1.54, 1.807) is 38.1 Å². The first-order valence-electron chi connectivity index (χ1n) is 10.5. The molecule has 0 spiro atoms. The van der Waals surface area contributed by atoms with E-state index in [2.05, 4.69) is 10.3 Å². The molecule has 0 N–H and O–H groups in total. The molecule has 0 saturated carbocycles. The Morgan fingerprint density at radius 3 is 1.69 bits per heavy atom. The van der Waals surface area contributed by atoms with Crippen molar-refractivity contribution < 1.29 is 26.6 Å². The van der Waals surface area contributed by atoms with Crippen molar-refractivity contribution in [1.29, 1.82) is 0 Å². The molecule has 5 rings (SSSR count). The SMILES string of the molecule is Cc1noc(-c2ccc(F)cc2)c1-c1ccc(S(=O)[O-])c(-c2c(C)noc2-c2ccc(F)cc2)c1. The van der Waals surface area contributed by atoms with Gasteiger partial charge in [-0.1, -0.05) is 16.4 Å². The van der Waals surface area contributed by atoms with E-state index in [1.165, 1.54) is 42.5 Å². The number of aryl methyl sites for hydroxylation is 2. The zero-order valence-electron chi connectivity index (χ0n) is 18.5. The third-order valence-corrected chi connectivity index (χ3v) is 6.37. The van der Waals surface area contributed by atoms with Crippen molar-refractivity contribution in [2.45, 2.75) is 18.7 Å². The van der Waals surface area contributed by atoms with Gasteiger partial charge in [-0.15, -0.1) is 0 Å². The molecule has 6 nitrogen and oxygen atoms in total. The monoisotopic (exact) mass is 491 g/mol. The largest absolute Gasteiger partial charge is 0.768 e. The Morgan fingerprint density at radius 2 is 1.17 bits per heavy atom. The molecule has 0 amide bonds. The molecule has 1 atom stereocenters. The minimum absolute atomic E-state index is 0.0425. The van der Waals surface area contributed by atoms with Gasteiger partial charge < -0.3 is 13.6 Å². The second-order valence-electron chi connectivity index (χ2n) is 7.90. The first-order valence-corrected chi connectivity index (χ1v) is 11.6. The summed E-state index contributed by atoms with van der Waals surface area (Å²) in [7, 11) is 0. The summed E-state index contributed by atoms with van der Waals surface area (Å²) in [6.07, 6.45) is 0. The van der Waals surface area contributed by atoms with Crippen molar-refractivity contribution in [2.24, 2.45) is 0 Å². The van der Waals surface area contributed by atoms with Crippen molar-refractivity contribution >= 4 is 11.1 Å². The summed E-state index contributed by atoms with van der Waals surface area (Å²) in [5.41, 5.74) is 4.31. The summed E-state index contributed by atoms with van der Waals surface area (Å²) in [6.45, 7) is 3.46. The third kappa shape index (κ3) is 4.20. The Bertz CT molecular complexity index is 1560. The van der Waals surface area contributed by atoms with E-state index < -0.39 is 16.9 Å². The van der Waals surface area contributed by atoms with Crippen molar-refractivity contribution in [3.05, 3.63) is 89.8 Å². The zero-order chi connectivity index (χ0) is 24.7. The Morgan fingerprint density at radius 1 is 0.714 bits per heavy atom. The van der Waals surface area contributed by atoms with Crippen LogP contribution in [0.15, 0.2) is 80.7 Å². The van der Waals surface area contributed by atoms with Crippen molar-refractivity contribution in [2.75, 3.05) is 0 Å². The highest BCUT2D eigenvalue weighted by Gasteiger charge is 2.23. The van der Waals surface area contributed by atoms with Crippen LogP contribution in [0.25, 0.3) is 44.9 Å². The van der Waals surface area contributed by atoms with E-state index in [9.17, 15) is 17.5 Å². The summed E-state index contributed by atoms with van der Waals surface area (Å²) in [5, 5.41) is 8.12. The van der Waals surface area contributed by atoms with Crippen LogP contribution in [0.5, 0.6) is 0 Å². The van der Waals surface area contributed by atoms with Crippen molar-refractivity contribution in [3.63, 3.8) is 0 Å². The lowest BCUT2D eigenvalue weighted by atomic mass is 9.94. The number of halogens is 2. The van der Waals surface area contributed by atoms with Crippen LogP contribution in [0.1, 0.15) is 11.4 Å². The molecular formula is C26H17F2N2O4S-. The van der Waals surface area contributed by atoms with Crippen LogP contribution >= 0.6 is 0 Å². The van der Waals surface area contributed by atoms with Crippen LogP contribution in [-0.2, 0) is 11.1 Å². The average Bonchev–Trinajstić information content (AvgIpc) is 3.42. The van der Waals surface area contributed by atoms with Crippen LogP contribution in [-0.4, -0.2) is 19.1 Å². The molecule has 9 heteroatoms. The summed E-state index contributed by atoms with van der Waals surface area (Å²) in [4.78, 5) is 0.0425. The maximum Gasteiger partial charge on any atom is 0.174 e. The molecule has 2 heterocycles. The number of hydrogen-bond acceptors (Lipinski definition) is 6. The molecular weight excluding hydrogens is 474 g/mol. The highest BCUT2D eigenvalue weighted by atomic mass is 32.2. The van der Waals surface area contributed by atoms with E-state index in [0.29, 0.717) is 56.3 Å². The molecule has 2 aromatic heterocycles. The molecule has 5 aromatic rings. The van der Waals surface area contributed by atoms with Crippen LogP contribution in [0.2, 0.25) is 0 Å². The number of aromatic nitrogens is 2. The maximum absolute atomic E-state index is 13.5. The topological polar surface area (TPSA) is 92.2 Å². The van der Waals surface area contributed by atoms with Gasteiger partial charge in [0.15, 0.2) is 11.5 Å². The van der Waals surface area contributed by atoms with Crippen LogP contribution < -0.4 is 0 Å². The Hall–Kier alpha value is -3.95. The van der Waals surface area contributed by atoms with Gasteiger partial charge in [-0.25, -0.2) is 8.78 Å². The predicted octanol–water partition coefficient (Wildman–Crippen LogP) is 6.46. The molecule has 3 aromatic carbocycles. The van der Waals surface area contributed by atoms with Crippen LogP contribution in [0, 0.1) is 25.5 Å². The zero-order valence-corrected chi connectivity index (χ0v) is 19.4. The molecule has 0 radical (unpaired) electrons. The summed E-state index contributed by atoms with van der Waals surface area (Å²) in [5.74, 6) is -0.0594. The minimum atomic E-state index is -2.57. The standard InChI is InChI=1S/C26H18F2N2O4S/c1-14-23(25(33-29-14)16-3-8-19(27)9-4-16)18-7-12-22(35(31)32)21(13-18)24-15(2)30-34-26(24)17-5-10-20(28)11-6-17/h3-13H,1-2H3,(H,31,32)/p-1. The van der Waals surface area contributed by atoms with Gasteiger partial charge in [0, 0.05) is 21.6 Å². The maximum atomic E-state index is 13.5. The lowest BCUT2D eigenvalue weighted by Crippen LogP contribution is -1.96. The lowest BCUT2D eigenvalue weighted by Gasteiger charge is -2.15. The minimum Gasteiger partial charge on any atom is -0.768 e. The van der Waals surface area contributed by atoms with Gasteiger partial charge in [-0.05, 0) is 91.2 Å².